The third kappa shape index (κ3) is 4.08. The van der Waals surface area contributed by atoms with Gasteiger partial charge in [-0.05, 0) is 25.1 Å². The summed E-state index contributed by atoms with van der Waals surface area (Å²) >= 11 is 0. The molecular formula is C18H14FN3O3. The van der Waals surface area contributed by atoms with Crippen molar-refractivity contribution in [2.75, 3.05) is 5.32 Å². The first-order valence-electron chi connectivity index (χ1n) is 7.41. The summed E-state index contributed by atoms with van der Waals surface area (Å²) in [6, 6.07) is 10.1. The Morgan fingerprint density at radius 1 is 1.24 bits per heavy atom. The molecule has 0 saturated carbocycles. The fourth-order valence-corrected chi connectivity index (χ4v) is 2.11. The van der Waals surface area contributed by atoms with Crippen LogP contribution in [0.5, 0.6) is 11.6 Å². The lowest BCUT2D eigenvalue weighted by Crippen LogP contribution is -2.21. The molecule has 0 aliphatic carbocycles. The maximum absolute atomic E-state index is 13.1. The minimum Gasteiger partial charge on any atom is -0.439 e. The van der Waals surface area contributed by atoms with E-state index in [-0.39, 0.29) is 16.9 Å². The Balaban J connectivity index is 1.70. The van der Waals surface area contributed by atoms with Gasteiger partial charge < -0.3 is 15.0 Å². The van der Waals surface area contributed by atoms with E-state index < -0.39 is 11.7 Å². The van der Waals surface area contributed by atoms with E-state index in [4.69, 9.17) is 4.74 Å². The molecule has 1 amide bonds. The number of benzene rings is 1. The molecule has 0 unspecified atom stereocenters. The van der Waals surface area contributed by atoms with Crippen molar-refractivity contribution in [1.29, 1.82) is 0 Å². The van der Waals surface area contributed by atoms with Gasteiger partial charge in [-0.3, -0.25) is 9.59 Å². The number of nitrogens with zero attached hydrogens (tertiary/aromatic N) is 1. The van der Waals surface area contributed by atoms with E-state index in [1.54, 1.807) is 19.1 Å². The van der Waals surface area contributed by atoms with Gasteiger partial charge in [0, 0.05) is 30.1 Å². The Labute approximate surface area is 142 Å². The number of ether oxygens (including phenoxy) is 1. The van der Waals surface area contributed by atoms with Crippen LogP contribution < -0.4 is 15.5 Å². The molecule has 0 saturated heterocycles. The van der Waals surface area contributed by atoms with Crippen LogP contribution in [0.2, 0.25) is 0 Å². The zero-order valence-corrected chi connectivity index (χ0v) is 13.2. The van der Waals surface area contributed by atoms with E-state index in [1.807, 2.05) is 0 Å². The van der Waals surface area contributed by atoms with Gasteiger partial charge in [0.15, 0.2) is 5.43 Å². The van der Waals surface area contributed by atoms with Crippen LogP contribution in [-0.2, 0) is 0 Å². The average Bonchev–Trinajstić information content (AvgIpc) is 2.56. The topological polar surface area (TPSA) is 84.1 Å². The van der Waals surface area contributed by atoms with Gasteiger partial charge in [-0.2, -0.15) is 0 Å². The molecule has 2 N–H and O–H groups in total. The number of nitrogens with one attached hydrogen (secondary N) is 2. The van der Waals surface area contributed by atoms with Gasteiger partial charge in [0.2, 0.25) is 5.88 Å². The van der Waals surface area contributed by atoms with E-state index in [1.165, 1.54) is 42.7 Å². The lowest BCUT2D eigenvalue weighted by molar-refractivity contribution is 0.102. The standard InChI is InChI=1S/C18H14FN3O3/c1-11-7-16(23)15(10-20-11)18(24)22-13-5-6-17(21-9-13)25-14-4-2-3-12(19)8-14/h2-10H,1H3,(H,20,23)(H,22,24). The first kappa shape index (κ1) is 16.4. The minimum absolute atomic E-state index is 0.00527. The summed E-state index contributed by atoms with van der Waals surface area (Å²) in [6.07, 6.45) is 2.75. The molecule has 2 aromatic heterocycles. The lowest BCUT2D eigenvalue weighted by atomic mass is 10.2. The van der Waals surface area contributed by atoms with Crippen LogP contribution in [0.3, 0.4) is 0 Å². The molecule has 7 heteroatoms. The van der Waals surface area contributed by atoms with Crippen molar-refractivity contribution in [3.05, 3.63) is 82.2 Å². The van der Waals surface area contributed by atoms with E-state index in [2.05, 4.69) is 15.3 Å². The Morgan fingerprint density at radius 2 is 2.08 bits per heavy atom. The SMILES string of the molecule is Cc1cc(=O)c(C(=O)Nc2ccc(Oc3cccc(F)c3)nc2)c[nH]1. The lowest BCUT2D eigenvalue weighted by Gasteiger charge is -2.07. The summed E-state index contributed by atoms with van der Waals surface area (Å²) in [5.74, 6) is -0.390. The van der Waals surface area contributed by atoms with Gasteiger partial charge in [-0.1, -0.05) is 6.07 Å². The summed E-state index contributed by atoms with van der Waals surface area (Å²) in [6.45, 7) is 1.73. The Kier molecular flexibility index (Phi) is 4.56. The number of aromatic amines is 1. The molecular weight excluding hydrogens is 325 g/mol. The minimum atomic E-state index is -0.540. The molecule has 0 fully saturated rings. The number of H-pyrrole nitrogens is 1. The second-order valence-electron chi connectivity index (χ2n) is 5.29. The van der Waals surface area contributed by atoms with Crippen molar-refractivity contribution >= 4 is 11.6 Å². The van der Waals surface area contributed by atoms with Crippen molar-refractivity contribution in [3.8, 4) is 11.6 Å². The number of amides is 1. The largest absolute Gasteiger partial charge is 0.439 e. The van der Waals surface area contributed by atoms with E-state index >= 15 is 0 Å². The Morgan fingerprint density at radius 3 is 2.76 bits per heavy atom. The number of pyridine rings is 2. The van der Waals surface area contributed by atoms with Gasteiger partial charge in [0.05, 0.1) is 11.9 Å². The van der Waals surface area contributed by atoms with Crippen LogP contribution in [0.25, 0.3) is 0 Å². The molecule has 6 nitrogen and oxygen atoms in total. The Bertz CT molecular complexity index is 968. The number of aryl methyl sites for hydroxylation is 1. The number of anilines is 1. The highest BCUT2D eigenvalue weighted by molar-refractivity contribution is 6.03. The van der Waals surface area contributed by atoms with Gasteiger partial charge >= 0.3 is 0 Å². The van der Waals surface area contributed by atoms with Crippen LogP contribution in [0, 0.1) is 12.7 Å². The number of hydrogen-bond donors (Lipinski definition) is 2. The molecule has 25 heavy (non-hydrogen) atoms. The van der Waals surface area contributed by atoms with E-state index in [9.17, 15) is 14.0 Å². The normalized spacial score (nSPS) is 10.3. The molecule has 126 valence electrons. The molecule has 3 rings (SSSR count). The molecule has 0 aliphatic rings. The maximum atomic E-state index is 13.1. The summed E-state index contributed by atoms with van der Waals surface area (Å²) in [5, 5.41) is 2.58. The van der Waals surface area contributed by atoms with E-state index in [0.717, 1.165) is 0 Å². The van der Waals surface area contributed by atoms with Crippen molar-refractivity contribution < 1.29 is 13.9 Å². The highest BCUT2D eigenvalue weighted by Crippen LogP contribution is 2.21. The van der Waals surface area contributed by atoms with Gasteiger partial charge in [0.1, 0.15) is 17.1 Å². The van der Waals surface area contributed by atoms with E-state index in [0.29, 0.717) is 17.1 Å². The molecule has 0 aliphatic heterocycles. The van der Waals surface area contributed by atoms with Crippen LogP contribution in [0.4, 0.5) is 10.1 Å². The number of aromatic nitrogens is 2. The molecule has 0 atom stereocenters. The van der Waals surface area contributed by atoms with Gasteiger partial charge in [0.25, 0.3) is 5.91 Å². The second kappa shape index (κ2) is 6.96. The highest BCUT2D eigenvalue weighted by atomic mass is 19.1. The predicted octanol–water partition coefficient (Wildman–Crippen LogP) is 3.26. The summed E-state index contributed by atoms with van der Waals surface area (Å²) in [7, 11) is 0. The maximum Gasteiger partial charge on any atom is 0.261 e. The predicted molar refractivity (Wildman–Crippen MR) is 90.5 cm³/mol. The summed E-state index contributed by atoms with van der Waals surface area (Å²) < 4.78 is 18.5. The van der Waals surface area contributed by atoms with Crippen molar-refractivity contribution in [3.63, 3.8) is 0 Å². The first-order valence-corrected chi connectivity index (χ1v) is 7.41. The Hall–Kier alpha value is -3.48. The van der Waals surface area contributed by atoms with Crippen molar-refractivity contribution in [2.45, 2.75) is 6.92 Å². The van der Waals surface area contributed by atoms with Crippen molar-refractivity contribution in [1.82, 2.24) is 9.97 Å². The number of carbonyl (C=O) groups excluding carboxylic acids is 1. The zero-order valence-electron chi connectivity index (χ0n) is 13.2. The average molecular weight is 339 g/mol. The smallest absolute Gasteiger partial charge is 0.261 e. The van der Waals surface area contributed by atoms with Crippen LogP contribution in [-0.4, -0.2) is 15.9 Å². The number of carbonyl (C=O) groups is 1. The molecule has 2 heterocycles. The van der Waals surface area contributed by atoms with Gasteiger partial charge in [-0.25, -0.2) is 9.37 Å². The third-order valence-electron chi connectivity index (χ3n) is 3.31. The first-order chi connectivity index (χ1) is 12.0. The monoisotopic (exact) mass is 339 g/mol. The van der Waals surface area contributed by atoms with Crippen LogP contribution in [0.1, 0.15) is 16.1 Å². The quantitative estimate of drug-likeness (QED) is 0.764. The second-order valence-corrected chi connectivity index (χ2v) is 5.29. The van der Waals surface area contributed by atoms with Crippen LogP contribution in [0.15, 0.2) is 59.7 Å². The molecule has 1 aromatic carbocycles. The third-order valence-corrected chi connectivity index (χ3v) is 3.31. The molecule has 3 aromatic rings. The number of rotatable bonds is 4. The zero-order chi connectivity index (χ0) is 17.8. The fourth-order valence-electron chi connectivity index (χ4n) is 2.11. The number of hydrogen-bond acceptors (Lipinski definition) is 4. The molecule has 0 radical (unpaired) electrons. The summed E-state index contributed by atoms with van der Waals surface area (Å²) in [4.78, 5) is 30.8. The van der Waals surface area contributed by atoms with Crippen molar-refractivity contribution in [2.24, 2.45) is 0 Å². The van der Waals surface area contributed by atoms with Crippen LogP contribution >= 0.6 is 0 Å². The van der Waals surface area contributed by atoms with Gasteiger partial charge in [-0.15, -0.1) is 0 Å². The highest BCUT2D eigenvalue weighted by Gasteiger charge is 2.11. The fraction of sp³-hybridized carbons (Fsp3) is 0.0556. The summed E-state index contributed by atoms with van der Waals surface area (Å²) in [5.41, 5.74) is 0.706. The number of halogens is 1. The molecule has 0 bridgehead atoms. The molecule has 0 spiro atoms.